The van der Waals surface area contributed by atoms with Crippen LogP contribution in [0.1, 0.15) is 31.1 Å². The number of aliphatic hydroxyl groups excluding tert-OH is 1. The topological polar surface area (TPSA) is 29.5 Å². The van der Waals surface area contributed by atoms with E-state index in [-0.39, 0.29) is 17.2 Å². The number of hydrogen-bond donors (Lipinski definition) is 1. The van der Waals surface area contributed by atoms with Gasteiger partial charge in [-0.05, 0) is 26.0 Å². The Balaban J connectivity index is 2.45. The largest absolute Gasteiger partial charge is 0.491 e. The van der Waals surface area contributed by atoms with Crippen molar-refractivity contribution in [2.75, 3.05) is 0 Å². The maximum Gasteiger partial charge on any atom is 0.194 e. The zero-order valence-electron chi connectivity index (χ0n) is 11.6. The minimum Gasteiger partial charge on any atom is -0.491 e. The SMILES string of the molecule is CC(C)Oc1ccccc1C(O)c1ccc(F)c(F)c1F. The van der Waals surface area contributed by atoms with E-state index >= 15 is 0 Å². The predicted molar refractivity (Wildman–Crippen MR) is 72.6 cm³/mol. The highest BCUT2D eigenvalue weighted by molar-refractivity contribution is 5.41. The van der Waals surface area contributed by atoms with Gasteiger partial charge in [0.05, 0.1) is 6.10 Å². The summed E-state index contributed by atoms with van der Waals surface area (Å²) in [7, 11) is 0. The quantitative estimate of drug-likeness (QED) is 0.865. The van der Waals surface area contributed by atoms with Gasteiger partial charge < -0.3 is 9.84 Å². The summed E-state index contributed by atoms with van der Waals surface area (Å²) in [4.78, 5) is 0. The number of ether oxygens (including phenoxy) is 1. The van der Waals surface area contributed by atoms with E-state index in [1.54, 1.807) is 38.1 Å². The second-order valence-corrected chi connectivity index (χ2v) is 4.87. The van der Waals surface area contributed by atoms with Gasteiger partial charge in [0, 0.05) is 11.1 Å². The monoisotopic (exact) mass is 296 g/mol. The normalized spacial score (nSPS) is 12.5. The Morgan fingerprint density at radius 3 is 2.24 bits per heavy atom. The summed E-state index contributed by atoms with van der Waals surface area (Å²) in [6, 6.07) is 8.31. The van der Waals surface area contributed by atoms with Gasteiger partial charge in [-0.3, -0.25) is 0 Å². The highest BCUT2D eigenvalue weighted by Gasteiger charge is 2.23. The molecule has 2 aromatic rings. The van der Waals surface area contributed by atoms with Crippen LogP contribution in [-0.2, 0) is 0 Å². The lowest BCUT2D eigenvalue weighted by molar-refractivity contribution is 0.193. The summed E-state index contributed by atoms with van der Waals surface area (Å²) < 4.78 is 45.5. The molecule has 2 rings (SSSR count). The fourth-order valence-electron chi connectivity index (χ4n) is 1.99. The molecule has 0 saturated carbocycles. The first-order valence-electron chi connectivity index (χ1n) is 6.49. The Bertz CT molecular complexity index is 641. The molecule has 0 spiro atoms. The average molecular weight is 296 g/mol. The van der Waals surface area contributed by atoms with Crippen LogP contribution in [-0.4, -0.2) is 11.2 Å². The average Bonchev–Trinajstić information content (AvgIpc) is 2.44. The lowest BCUT2D eigenvalue weighted by Gasteiger charge is -2.18. The maximum absolute atomic E-state index is 13.8. The van der Waals surface area contributed by atoms with E-state index < -0.39 is 23.6 Å². The van der Waals surface area contributed by atoms with Gasteiger partial charge in [0.1, 0.15) is 11.9 Å². The Morgan fingerprint density at radius 1 is 0.905 bits per heavy atom. The Morgan fingerprint density at radius 2 is 1.57 bits per heavy atom. The summed E-state index contributed by atoms with van der Waals surface area (Å²) in [6.07, 6.45) is -1.59. The van der Waals surface area contributed by atoms with Gasteiger partial charge in [-0.2, -0.15) is 0 Å². The molecule has 1 N–H and O–H groups in total. The molecule has 1 atom stereocenters. The molecule has 0 fully saturated rings. The van der Waals surface area contributed by atoms with Crippen molar-refractivity contribution in [3.05, 3.63) is 65.0 Å². The molecular weight excluding hydrogens is 281 g/mol. The standard InChI is InChI=1S/C16H15F3O2/c1-9(2)21-13-6-4-3-5-10(13)16(20)11-7-8-12(17)15(19)14(11)18/h3-9,16,20H,1-2H3. The van der Waals surface area contributed by atoms with Crippen molar-refractivity contribution in [3.8, 4) is 5.75 Å². The van der Waals surface area contributed by atoms with Crippen LogP contribution in [0.4, 0.5) is 13.2 Å². The van der Waals surface area contributed by atoms with Gasteiger partial charge in [0.25, 0.3) is 0 Å². The number of rotatable bonds is 4. The van der Waals surface area contributed by atoms with Crippen LogP contribution in [0.15, 0.2) is 36.4 Å². The van der Waals surface area contributed by atoms with Crippen molar-refractivity contribution >= 4 is 0 Å². The third kappa shape index (κ3) is 3.19. The van der Waals surface area contributed by atoms with Gasteiger partial charge >= 0.3 is 0 Å². The van der Waals surface area contributed by atoms with E-state index in [1.807, 2.05) is 0 Å². The highest BCUT2D eigenvalue weighted by atomic mass is 19.2. The molecule has 112 valence electrons. The second kappa shape index (κ2) is 6.18. The Hall–Kier alpha value is -2.01. The summed E-state index contributed by atoms with van der Waals surface area (Å²) in [6.45, 7) is 3.61. The van der Waals surface area contributed by atoms with E-state index in [4.69, 9.17) is 4.74 Å². The van der Waals surface area contributed by atoms with Gasteiger partial charge in [-0.15, -0.1) is 0 Å². The van der Waals surface area contributed by atoms with Crippen LogP contribution >= 0.6 is 0 Å². The zero-order chi connectivity index (χ0) is 15.6. The molecular formula is C16H15F3O2. The number of para-hydroxylation sites is 1. The van der Waals surface area contributed by atoms with Crippen molar-refractivity contribution in [1.82, 2.24) is 0 Å². The third-order valence-electron chi connectivity index (χ3n) is 2.94. The molecule has 0 aliphatic carbocycles. The Kier molecular flexibility index (Phi) is 4.53. The molecule has 0 amide bonds. The van der Waals surface area contributed by atoms with E-state index in [9.17, 15) is 18.3 Å². The van der Waals surface area contributed by atoms with Gasteiger partial charge in [-0.1, -0.05) is 24.3 Å². The highest BCUT2D eigenvalue weighted by Crippen LogP contribution is 2.32. The molecule has 0 aliphatic rings. The van der Waals surface area contributed by atoms with Crippen LogP contribution in [0, 0.1) is 17.5 Å². The second-order valence-electron chi connectivity index (χ2n) is 4.87. The number of halogens is 3. The van der Waals surface area contributed by atoms with E-state index in [0.717, 1.165) is 12.1 Å². The summed E-state index contributed by atoms with van der Waals surface area (Å²) in [5.74, 6) is -3.94. The van der Waals surface area contributed by atoms with Gasteiger partial charge in [0.2, 0.25) is 0 Å². The van der Waals surface area contributed by atoms with Crippen molar-refractivity contribution in [3.63, 3.8) is 0 Å². The lowest BCUT2D eigenvalue weighted by atomic mass is 10.00. The summed E-state index contributed by atoms with van der Waals surface area (Å²) in [5.41, 5.74) is -0.0511. The van der Waals surface area contributed by atoms with Crippen LogP contribution in [0.5, 0.6) is 5.75 Å². The fraction of sp³-hybridized carbons (Fsp3) is 0.250. The van der Waals surface area contributed by atoms with Crippen LogP contribution in [0.3, 0.4) is 0 Å². The van der Waals surface area contributed by atoms with Crippen molar-refractivity contribution < 1.29 is 23.0 Å². The van der Waals surface area contributed by atoms with E-state index in [0.29, 0.717) is 5.75 Å². The molecule has 1 unspecified atom stereocenters. The summed E-state index contributed by atoms with van der Waals surface area (Å²) in [5, 5.41) is 10.3. The fourth-order valence-corrected chi connectivity index (χ4v) is 1.99. The first-order chi connectivity index (χ1) is 9.91. The lowest BCUT2D eigenvalue weighted by Crippen LogP contribution is -2.11. The predicted octanol–water partition coefficient (Wildman–Crippen LogP) is 3.97. The number of benzene rings is 2. The van der Waals surface area contributed by atoms with Crippen molar-refractivity contribution in [1.29, 1.82) is 0 Å². The van der Waals surface area contributed by atoms with Crippen molar-refractivity contribution in [2.24, 2.45) is 0 Å². The minimum absolute atomic E-state index is 0.145. The van der Waals surface area contributed by atoms with Gasteiger partial charge in [0.15, 0.2) is 17.5 Å². The molecule has 0 bridgehead atoms. The zero-order valence-corrected chi connectivity index (χ0v) is 11.6. The van der Waals surface area contributed by atoms with E-state index in [1.165, 1.54) is 0 Å². The van der Waals surface area contributed by atoms with E-state index in [2.05, 4.69) is 0 Å². The molecule has 0 aromatic heterocycles. The molecule has 2 aromatic carbocycles. The van der Waals surface area contributed by atoms with Crippen LogP contribution in [0.2, 0.25) is 0 Å². The van der Waals surface area contributed by atoms with Gasteiger partial charge in [-0.25, -0.2) is 13.2 Å². The molecule has 0 heterocycles. The summed E-state index contributed by atoms with van der Waals surface area (Å²) >= 11 is 0. The Labute approximate surface area is 120 Å². The first kappa shape index (κ1) is 15.4. The van der Waals surface area contributed by atoms with Crippen LogP contribution in [0.25, 0.3) is 0 Å². The molecule has 5 heteroatoms. The molecule has 0 aliphatic heterocycles. The smallest absolute Gasteiger partial charge is 0.194 e. The van der Waals surface area contributed by atoms with Crippen LogP contribution < -0.4 is 4.74 Å². The third-order valence-corrected chi connectivity index (χ3v) is 2.94. The molecule has 0 saturated heterocycles. The number of hydrogen-bond acceptors (Lipinski definition) is 2. The maximum atomic E-state index is 13.8. The van der Waals surface area contributed by atoms with Crippen molar-refractivity contribution in [2.45, 2.75) is 26.1 Å². The molecule has 0 radical (unpaired) electrons. The number of aliphatic hydroxyl groups is 1. The molecule has 2 nitrogen and oxygen atoms in total. The molecule has 21 heavy (non-hydrogen) atoms. The first-order valence-corrected chi connectivity index (χ1v) is 6.49. The minimum atomic E-state index is -1.60.